The zero-order valence-corrected chi connectivity index (χ0v) is 16.5. The normalized spacial score (nSPS) is 15.6. The Balaban J connectivity index is 1.93. The van der Waals surface area contributed by atoms with Gasteiger partial charge in [0.05, 0.1) is 18.3 Å². The number of allylic oxidation sites excluding steroid dienone is 4. The van der Waals surface area contributed by atoms with Crippen LogP contribution in [-0.2, 0) is 10.2 Å². The van der Waals surface area contributed by atoms with E-state index in [4.69, 9.17) is 4.74 Å². The van der Waals surface area contributed by atoms with E-state index in [1.165, 1.54) is 12.1 Å². The lowest BCUT2D eigenvalue weighted by Crippen LogP contribution is -2.25. The van der Waals surface area contributed by atoms with E-state index in [1.54, 1.807) is 43.5 Å². The molecule has 0 saturated carbocycles. The minimum Gasteiger partial charge on any atom is -0.506 e. The third-order valence-corrected chi connectivity index (χ3v) is 5.34. The molecule has 2 aromatic rings. The van der Waals surface area contributed by atoms with E-state index >= 15 is 0 Å². The lowest BCUT2D eigenvalue weighted by Gasteiger charge is -2.30. The third kappa shape index (κ3) is 3.26. The molecule has 2 aromatic carbocycles. The number of methoxy groups -OCH3 is 1. The Bertz CT molecular complexity index is 1020. The zero-order chi connectivity index (χ0) is 20.6. The molecule has 4 heteroatoms. The molecule has 28 heavy (non-hydrogen) atoms. The summed E-state index contributed by atoms with van der Waals surface area (Å²) in [5, 5.41) is 10.5. The molecule has 0 bridgehead atoms. The Labute approximate surface area is 164 Å². The van der Waals surface area contributed by atoms with Crippen LogP contribution in [0.25, 0.3) is 5.57 Å². The molecule has 0 aliphatic heterocycles. The van der Waals surface area contributed by atoms with Crippen molar-refractivity contribution in [3.8, 4) is 5.75 Å². The summed E-state index contributed by atoms with van der Waals surface area (Å²) in [5.41, 5.74) is 2.87. The number of hydrogen-bond acceptors (Lipinski definition) is 3. The molecule has 0 radical (unpaired) electrons. The second kappa shape index (κ2) is 7.12. The van der Waals surface area contributed by atoms with Crippen molar-refractivity contribution in [2.75, 3.05) is 7.11 Å². The van der Waals surface area contributed by atoms with Crippen LogP contribution in [0.4, 0.5) is 4.39 Å². The van der Waals surface area contributed by atoms with Gasteiger partial charge >= 0.3 is 0 Å². The number of benzene rings is 2. The summed E-state index contributed by atoms with van der Waals surface area (Å²) in [6.07, 6.45) is 1.59. The first-order chi connectivity index (χ1) is 13.2. The van der Waals surface area contributed by atoms with Crippen LogP contribution in [0.15, 0.2) is 72.0 Å². The molecule has 0 spiro atoms. The van der Waals surface area contributed by atoms with Crippen molar-refractivity contribution >= 4 is 11.4 Å². The number of ether oxygens (including phenoxy) is 1. The van der Waals surface area contributed by atoms with Gasteiger partial charge in [0.1, 0.15) is 17.3 Å². The third-order valence-electron chi connectivity index (χ3n) is 5.34. The van der Waals surface area contributed by atoms with Crippen molar-refractivity contribution in [1.82, 2.24) is 0 Å². The molecule has 0 unspecified atom stereocenters. The summed E-state index contributed by atoms with van der Waals surface area (Å²) in [6.45, 7) is 9.83. The Morgan fingerprint density at radius 3 is 2.39 bits per heavy atom. The molecule has 0 aromatic heterocycles. The van der Waals surface area contributed by atoms with Gasteiger partial charge in [-0.3, -0.25) is 4.79 Å². The lowest BCUT2D eigenvalue weighted by atomic mass is 9.74. The van der Waals surface area contributed by atoms with E-state index in [0.717, 1.165) is 11.1 Å². The summed E-state index contributed by atoms with van der Waals surface area (Å²) < 4.78 is 18.9. The number of aliphatic hydroxyl groups excluding tert-OH is 1. The van der Waals surface area contributed by atoms with Crippen molar-refractivity contribution in [2.24, 2.45) is 0 Å². The molecule has 0 amide bonds. The van der Waals surface area contributed by atoms with Gasteiger partial charge in [-0.15, -0.1) is 0 Å². The fourth-order valence-corrected chi connectivity index (χ4v) is 3.38. The number of Topliss-reactive ketones (excluding diaryl/α,β-unsaturated/α-hetero) is 1. The summed E-state index contributed by atoms with van der Waals surface area (Å²) >= 11 is 0. The first-order valence-corrected chi connectivity index (χ1v) is 8.97. The maximum Gasteiger partial charge on any atom is 0.201 e. The maximum absolute atomic E-state index is 13.7. The molecule has 0 fully saturated rings. The van der Waals surface area contributed by atoms with Gasteiger partial charge in [0.25, 0.3) is 0 Å². The molecule has 144 valence electrons. The number of carbonyl (C=O) groups excluding carboxylic acids is 1. The Hall–Kier alpha value is -3.14. The number of aryl methyl sites for hydroxylation is 1. The lowest BCUT2D eigenvalue weighted by molar-refractivity contribution is -0.111. The van der Waals surface area contributed by atoms with Gasteiger partial charge in [0.2, 0.25) is 5.78 Å². The average molecular weight is 378 g/mol. The van der Waals surface area contributed by atoms with E-state index in [9.17, 15) is 14.3 Å². The molecular formula is C24H23FO3. The monoisotopic (exact) mass is 378 g/mol. The van der Waals surface area contributed by atoms with Gasteiger partial charge in [-0.1, -0.05) is 38.6 Å². The number of rotatable bonds is 5. The van der Waals surface area contributed by atoms with Gasteiger partial charge in [-0.05, 0) is 59.5 Å². The second-order valence-electron chi connectivity index (χ2n) is 7.45. The Morgan fingerprint density at radius 2 is 1.82 bits per heavy atom. The molecule has 0 heterocycles. The first kappa shape index (κ1) is 19.6. The second-order valence-corrected chi connectivity index (χ2v) is 7.45. The van der Waals surface area contributed by atoms with Crippen LogP contribution in [0.3, 0.4) is 0 Å². The minimum atomic E-state index is -0.602. The molecule has 0 atom stereocenters. The van der Waals surface area contributed by atoms with Crippen LogP contribution in [0, 0.1) is 12.7 Å². The zero-order valence-electron chi connectivity index (χ0n) is 16.5. The quantitative estimate of drug-likeness (QED) is 0.703. The predicted octanol–water partition coefficient (Wildman–Crippen LogP) is 5.45. The number of hydrogen-bond donors (Lipinski definition) is 1. The van der Waals surface area contributed by atoms with Crippen molar-refractivity contribution in [2.45, 2.75) is 26.2 Å². The molecule has 3 nitrogen and oxygen atoms in total. The van der Waals surface area contributed by atoms with Crippen molar-refractivity contribution < 1.29 is 19.0 Å². The molecular weight excluding hydrogens is 355 g/mol. The smallest absolute Gasteiger partial charge is 0.201 e. The molecule has 0 saturated heterocycles. The van der Waals surface area contributed by atoms with Crippen LogP contribution in [0.1, 0.15) is 30.5 Å². The van der Waals surface area contributed by atoms with Crippen molar-refractivity contribution in [1.29, 1.82) is 0 Å². The van der Waals surface area contributed by atoms with Gasteiger partial charge in [-0.25, -0.2) is 4.39 Å². The minimum absolute atomic E-state index is 0.0527. The van der Waals surface area contributed by atoms with Gasteiger partial charge in [-0.2, -0.15) is 0 Å². The van der Waals surface area contributed by atoms with E-state index in [1.807, 2.05) is 20.8 Å². The first-order valence-electron chi connectivity index (χ1n) is 8.97. The summed E-state index contributed by atoms with van der Waals surface area (Å²) in [4.78, 5) is 12.6. The van der Waals surface area contributed by atoms with Crippen molar-refractivity contribution in [3.05, 3.63) is 94.5 Å². The summed E-state index contributed by atoms with van der Waals surface area (Å²) in [6, 6.07) is 11.6. The Morgan fingerprint density at radius 1 is 1.18 bits per heavy atom. The molecule has 1 aliphatic rings. The highest BCUT2D eigenvalue weighted by molar-refractivity contribution is 6.39. The van der Waals surface area contributed by atoms with Gasteiger partial charge in [0, 0.05) is 5.41 Å². The Kier molecular flexibility index (Phi) is 4.99. The predicted molar refractivity (Wildman–Crippen MR) is 109 cm³/mol. The van der Waals surface area contributed by atoms with Gasteiger partial charge < -0.3 is 9.84 Å². The van der Waals surface area contributed by atoms with Crippen LogP contribution < -0.4 is 4.74 Å². The molecule has 3 rings (SSSR count). The van der Waals surface area contributed by atoms with Crippen molar-refractivity contribution in [3.63, 3.8) is 0 Å². The fraction of sp³-hybridized carbons (Fsp3) is 0.208. The van der Waals surface area contributed by atoms with E-state index < -0.39 is 5.41 Å². The highest BCUT2D eigenvalue weighted by Crippen LogP contribution is 2.40. The summed E-state index contributed by atoms with van der Waals surface area (Å²) in [7, 11) is 1.56. The fourth-order valence-electron chi connectivity index (χ4n) is 3.38. The topological polar surface area (TPSA) is 46.5 Å². The average Bonchev–Trinajstić information content (AvgIpc) is 2.68. The highest BCUT2D eigenvalue weighted by Gasteiger charge is 2.36. The largest absolute Gasteiger partial charge is 0.506 e. The van der Waals surface area contributed by atoms with E-state index in [0.29, 0.717) is 16.9 Å². The number of carbonyl (C=O) groups is 1. The van der Waals surface area contributed by atoms with Crippen LogP contribution >= 0.6 is 0 Å². The number of halogens is 1. The highest BCUT2D eigenvalue weighted by atomic mass is 19.1. The van der Waals surface area contributed by atoms with Crippen LogP contribution in [-0.4, -0.2) is 18.0 Å². The van der Waals surface area contributed by atoms with Crippen LogP contribution in [0.5, 0.6) is 5.75 Å². The van der Waals surface area contributed by atoms with E-state index in [2.05, 4.69) is 6.58 Å². The molecule has 1 N–H and O–H groups in total. The van der Waals surface area contributed by atoms with Crippen LogP contribution in [0.2, 0.25) is 0 Å². The molecule has 1 aliphatic carbocycles. The maximum atomic E-state index is 13.7. The SMILES string of the molecule is C=C(/C=C1/C(=O)C(c2ccc(OC)cc2)=C1O)C(C)(C)c1cc(F)ccc1C. The van der Waals surface area contributed by atoms with E-state index in [-0.39, 0.29) is 28.5 Å². The number of ketones is 1. The summed E-state index contributed by atoms with van der Waals surface area (Å²) in [5.74, 6) is 0.0593. The van der Waals surface area contributed by atoms with Gasteiger partial charge in [0.15, 0.2) is 0 Å². The standard InChI is InChI=1S/C24H23FO3/c1-14-6-9-17(25)13-20(14)24(3,4)15(2)12-19-22(26)21(23(19)27)16-7-10-18(28-5)11-8-16/h6-13,26H,2H2,1,3-5H3/b19-12+. The number of aliphatic hydroxyl groups is 1.